The van der Waals surface area contributed by atoms with Gasteiger partial charge in [0.15, 0.2) is 0 Å². The van der Waals surface area contributed by atoms with Crippen LogP contribution in [0, 0.1) is 0 Å². The Bertz CT molecular complexity index is 595. The van der Waals surface area contributed by atoms with Crippen LogP contribution in [0.4, 0.5) is 4.79 Å². The smallest absolute Gasteiger partial charge is 0.444 e. The number of nitrogens with two attached hydrogens (primary N) is 1. The lowest BCUT2D eigenvalue weighted by Gasteiger charge is -2.35. The molecule has 2 aliphatic heterocycles. The molecule has 0 aromatic rings. The van der Waals surface area contributed by atoms with E-state index in [2.05, 4.69) is 10.2 Å². The molecule has 3 N–H and O–H groups in total. The second-order valence-corrected chi connectivity index (χ2v) is 10.1. The highest BCUT2D eigenvalue weighted by Crippen LogP contribution is 2.38. The van der Waals surface area contributed by atoms with E-state index in [9.17, 15) is 4.79 Å². The quantitative estimate of drug-likeness (QED) is 0.477. The predicted molar refractivity (Wildman–Crippen MR) is 120 cm³/mol. The normalized spacial score (nSPS) is 22.3. The zero-order valence-electron chi connectivity index (χ0n) is 19.9. The first-order valence-electron chi connectivity index (χ1n) is 11.0. The molecule has 2 aliphatic rings. The van der Waals surface area contributed by atoms with Gasteiger partial charge in [0.05, 0.1) is 11.2 Å². The van der Waals surface area contributed by atoms with Crippen LogP contribution in [0.5, 0.6) is 0 Å². The van der Waals surface area contributed by atoms with Crippen LogP contribution in [0.3, 0.4) is 0 Å². The second-order valence-electron chi connectivity index (χ2n) is 10.1. The van der Waals surface area contributed by atoms with E-state index in [1.807, 2.05) is 54.7 Å². The minimum Gasteiger partial charge on any atom is -0.444 e. The minimum absolute atomic E-state index is 0.217. The van der Waals surface area contributed by atoms with Crippen LogP contribution in [0.25, 0.3) is 0 Å². The Morgan fingerprint density at radius 1 is 1.13 bits per heavy atom. The average Bonchev–Trinajstić information content (AvgIpc) is 2.84. The highest BCUT2D eigenvalue weighted by atomic mass is 16.7. The van der Waals surface area contributed by atoms with Crippen LogP contribution in [0.15, 0.2) is 11.7 Å². The summed E-state index contributed by atoms with van der Waals surface area (Å²) in [5, 5.41) is 3.35. The standard InChI is InChI=1S/C21H41BN4O4/c1-19(2,3)28-18(27)26-13-11-25(12-14-26)10-8-9-24-16-17(15-23)22-29-20(4,5)21(6,7)30-22/h16,24H,8-15,23H2,1-7H3/b17-16+. The van der Waals surface area contributed by atoms with E-state index in [-0.39, 0.29) is 17.3 Å². The number of rotatable bonds is 7. The Morgan fingerprint density at radius 3 is 2.20 bits per heavy atom. The van der Waals surface area contributed by atoms with Crippen molar-refractivity contribution in [2.24, 2.45) is 5.73 Å². The molecule has 2 heterocycles. The van der Waals surface area contributed by atoms with E-state index in [0.29, 0.717) is 19.6 Å². The van der Waals surface area contributed by atoms with Gasteiger partial charge >= 0.3 is 13.2 Å². The van der Waals surface area contributed by atoms with Crippen molar-refractivity contribution in [3.05, 3.63) is 11.7 Å². The van der Waals surface area contributed by atoms with E-state index in [1.54, 1.807) is 4.90 Å². The van der Waals surface area contributed by atoms with Crippen molar-refractivity contribution < 1.29 is 18.8 Å². The molecule has 0 aromatic carbocycles. The Labute approximate surface area is 182 Å². The van der Waals surface area contributed by atoms with Gasteiger partial charge in [0.25, 0.3) is 0 Å². The van der Waals surface area contributed by atoms with Crippen LogP contribution in [-0.4, -0.2) is 85.6 Å². The maximum Gasteiger partial charge on any atom is 0.493 e. The number of hydrogen-bond donors (Lipinski definition) is 2. The van der Waals surface area contributed by atoms with Gasteiger partial charge in [0.1, 0.15) is 5.60 Å². The van der Waals surface area contributed by atoms with Crippen molar-refractivity contribution in [2.75, 3.05) is 45.8 Å². The monoisotopic (exact) mass is 424 g/mol. The molecule has 0 aliphatic carbocycles. The minimum atomic E-state index is -0.449. The lowest BCUT2D eigenvalue weighted by Crippen LogP contribution is -2.50. The molecule has 0 radical (unpaired) electrons. The third-order valence-corrected chi connectivity index (χ3v) is 5.90. The van der Waals surface area contributed by atoms with Crippen molar-refractivity contribution in [1.82, 2.24) is 15.1 Å². The largest absolute Gasteiger partial charge is 0.493 e. The molecule has 0 saturated carbocycles. The highest BCUT2D eigenvalue weighted by Gasteiger charge is 2.52. The van der Waals surface area contributed by atoms with E-state index in [4.69, 9.17) is 19.8 Å². The van der Waals surface area contributed by atoms with E-state index in [1.165, 1.54) is 0 Å². The number of hydrogen-bond acceptors (Lipinski definition) is 7. The van der Waals surface area contributed by atoms with Gasteiger partial charge in [-0.15, -0.1) is 0 Å². The van der Waals surface area contributed by atoms with Crippen LogP contribution >= 0.6 is 0 Å². The molecule has 0 spiro atoms. The zero-order chi connectivity index (χ0) is 22.6. The molecule has 9 heteroatoms. The van der Waals surface area contributed by atoms with Crippen LogP contribution in [0.1, 0.15) is 54.9 Å². The van der Waals surface area contributed by atoms with Crippen molar-refractivity contribution in [3.63, 3.8) is 0 Å². The highest BCUT2D eigenvalue weighted by molar-refractivity contribution is 6.54. The van der Waals surface area contributed by atoms with Crippen molar-refractivity contribution in [2.45, 2.75) is 71.7 Å². The SMILES string of the molecule is CC(C)(C)OC(=O)N1CCN(CCCN/C=C(\CN)B2OC(C)(C)C(C)(C)O2)CC1. The Hall–Kier alpha value is -1.29. The number of carbonyl (C=O) groups is 1. The number of amides is 1. The fraction of sp³-hybridized carbons (Fsp3) is 0.857. The van der Waals surface area contributed by atoms with E-state index in [0.717, 1.165) is 38.1 Å². The fourth-order valence-corrected chi connectivity index (χ4v) is 3.31. The maximum atomic E-state index is 12.1. The molecule has 2 fully saturated rings. The third kappa shape index (κ3) is 6.87. The van der Waals surface area contributed by atoms with E-state index < -0.39 is 12.7 Å². The summed E-state index contributed by atoms with van der Waals surface area (Å²) < 4.78 is 17.6. The molecular formula is C21H41BN4O4. The van der Waals surface area contributed by atoms with Crippen molar-refractivity contribution >= 4 is 13.2 Å². The number of carbonyl (C=O) groups excluding carboxylic acids is 1. The lowest BCUT2D eigenvalue weighted by atomic mass is 9.79. The van der Waals surface area contributed by atoms with Crippen LogP contribution in [-0.2, 0) is 14.0 Å². The Kier molecular flexibility index (Phi) is 8.24. The molecule has 172 valence electrons. The third-order valence-electron chi connectivity index (χ3n) is 5.90. The van der Waals surface area contributed by atoms with Gasteiger partial charge in [-0.05, 0) is 73.1 Å². The first kappa shape index (κ1) is 25.0. The number of piperazine rings is 1. The Morgan fingerprint density at radius 2 is 1.70 bits per heavy atom. The number of ether oxygens (including phenoxy) is 1. The molecule has 30 heavy (non-hydrogen) atoms. The average molecular weight is 424 g/mol. The molecule has 0 bridgehead atoms. The molecular weight excluding hydrogens is 383 g/mol. The van der Waals surface area contributed by atoms with Crippen molar-refractivity contribution in [3.8, 4) is 0 Å². The zero-order valence-corrected chi connectivity index (χ0v) is 19.9. The number of nitrogens with one attached hydrogen (secondary N) is 1. The first-order chi connectivity index (χ1) is 13.8. The van der Waals surface area contributed by atoms with E-state index >= 15 is 0 Å². The molecule has 0 aromatic heterocycles. The summed E-state index contributed by atoms with van der Waals surface area (Å²) in [5.74, 6) is 0. The summed E-state index contributed by atoms with van der Waals surface area (Å²) in [7, 11) is -0.409. The van der Waals surface area contributed by atoms with Gasteiger partial charge in [-0.2, -0.15) is 0 Å². The topological polar surface area (TPSA) is 89.3 Å². The molecule has 0 atom stereocenters. The lowest BCUT2D eigenvalue weighted by molar-refractivity contribution is 0.00578. The summed E-state index contributed by atoms with van der Waals surface area (Å²) in [6, 6.07) is 0. The van der Waals surface area contributed by atoms with Crippen LogP contribution in [0.2, 0.25) is 0 Å². The summed E-state index contributed by atoms with van der Waals surface area (Å²) in [5.41, 5.74) is 5.65. The first-order valence-corrected chi connectivity index (χ1v) is 11.0. The molecule has 2 saturated heterocycles. The fourth-order valence-electron chi connectivity index (χ4n) is 3.31. The predicted octanol–water partition coefficient (Wildman–Crippen LogP) is 1.99. The number of nitrogens with zero attached hydrogens (tertiary/aromatic N) is 2. The van der Waals surface area contributed by atoms with Crippen LogP contribution < -0.4 is 11.1 Å². The molecule has 8 nitrogen and oxygen atoms in total. The molecule has 2 rings (SSSR count). The van der Waals surface area contributed by atoms with Gasteiger partial charge in [-0.25, -0.2) is 4.79 Å². The summed E-state index contributed by atoms with van der Waals surface area (Å²) >= 11 is 0. The summed E-state index contributed by atoms with van der Waals surface area (Å²) in [6.07, 6.45) is 2.72. The van der Waals surface area contributed by atoms with Gasteiger partial charge < -0.3 is 30.0 Å². The van der Waals surface area contributed by atoms with Gasteiger partial charge in [-0.1, -0.05) is 0 Å². The molecule has 1 amide bonds. The van der Waals surface area contributed by atoms with Gasteiger partial charge in [-0.3, -0.25) is 4.90 Å². The molecule has 0 unspecified atom stereocenters. The Balaban J connectivity index is 1.68. The van der Waals surface area contributed by atoms with Crippen molar-refractivity contribution in [1.29, 1.82) is 0 Å². The summed E-state index contributed by atoms with van der Waals surface area (Å²) in [4.78, 5) is 16.3. The second kappa shape index (κ2) is 9.89. The summed E-state index contributed by atoms with van der Waals surface area (Å²) in [6.45, 7) is 19.2. The van der Waals surface area contributed by atoms with Gasteiger partial charge in [0.2, 0.25) is 0 Å². The van der Waals surface area contributed by atoms with Gasteiger partial charge in [0, 0.05) is 39.3 Å². The maximum absolute atomic E-state index is 12.1.